The highest BCUT2D eigenvalue weighted by Gasteiger charge is 2.18. The third-order valence-corrected chi connectivity index (χ3v) is 10.7. The van der Waals surface area contributed by atoms with E-state index in [1.165, 1.54) is 43.3 Å². The molecule has 0 saturated heterocycles. The highest BCUT2D eigenvalue weighted by atomic mass is 15.0. The largest absolute Gasteiger partial charge is 0.255 e. The fraction of sp³-hybridized carbons (Fsp3) is 0. The number of benzene rings is 9. The maximum atomic E-state index is 5.16. The highest BCUT2D eigenvalue weighted by Crippen LogP contribution is 2.40. The van der Waals surface area contributed by atoms with Crippen molar-refractivity contribution in [1.29, 1.82) is 0 Å². The number of hydrogen-bond donors (Lipinski definition) is 0. The molecular formula is C50H30N4. The molecule has 11 aromatic rings. The molecule has 0 amide bonds. The van der Waals surface area contributed by atoms with Crippen LogP contribution in [0.2, 0.25) is 0 Å². The summed E-state index contributed by atoms with van der Waals surface area (Å²) in [5, 5.41) is 13.2. The molecule has 0 unspecified atom stereocenters. The lowest BCUT2D eigenvalue weighted by atomic mass is 9.90. The molecule has 2 aromatic heterocycles. The van der Waals surface area contributed by atoms with Gasteiger partial charge in [0.15, 0.2) is 17.5 Å². The molecule has 54 heavy (non-hydrogen) atoms. The van der Waals surface area contributed by atoms with Crippen LogP contribution in [0.25, 0.3) is 110 Å². The Balaban J connectivity index is 1.10. The summed E-state index contributed by atoms with van der Waals surface area (Å²) in [4.78, 5) is 20.2. The second kappa shape index (κ2) is 12.1. The van der Waals surface area contributed by atoms with Crippen molar-refractivity contribution in [3.05, 3.63) is 182 Å². The van der Waals surface area contributed by atoms with Crippen LogP contribution in [0.3, 0.4) is 0 Å². The maximum absolute atomic E-state index is 5.16. The van der Waals surface area contributed by atoms with Gasteiger partial charge in [-0.05, 0) is 77.8 Å². The topological polar surface area (TPSA) is 51.6 Å². The minimum atomic E-state index is 0.586. The molecule has 0 aliphatic rings. The Kier molecular flexibility index (Phi) is 6.82. The van der Waals surface area contributed by atoms with Gasteiger partial charge in [-0.3, -0.25) is 4.98 Å². The molecule has 250 valence electrons. The minimum Gasteiger partial charge on any atom is -0.255 e. The molecule has 2 heterocycles. The highest BCUT2D eigenvalue weighted by molar-refractivity contribution is 6.26. The smallest absolute Gasteiger partial charge is 0.165 e. The average molecular weight is 687 g/mol. The Hall–Kier alpha value is -7.30. The van der Waals surface area contributed by atoms with Gasteiger partial charge in [0.2, 0.25) is 0 Å². The maximum Gasteiger partial charge on any atom is 0.165 e. The van der Waals surface area contributed by atoms with Crippen molar-refractivity contribution in [1.82, 2.24) is 19.9 Å². The zero-order valence-corrected chi connectivity index (χ0v) is 29.1. The van der Waals surface area contributed by atoms with Gasteiger partial charge < -0.3 is 0 Å². The fourth-order valence-corrected chi connectivity index (χ4v) is 8.16. The van der Waals surface area contributed by atoms with Crippen LogP contribution in [0, 0.1) is 0 Å². The predicted octanol–water partition coefficient (Wildman–Crippen LogP) is 12.9. The summed E-state index contributed by atoms with van der Waals surface area (Å²) in [6, 6.07) is 62.2. The molecule has 0 N–H and O–H groups in total. The molecule has 11 rings (SSSR count). The Morgan fingerprint density at radius 2 is 0.796 bits per heavy atom. The summed E-state index contributed by atoms with van der Waals surface area (Å²) < 4.78 is 0. The molecule has 0 fully saturated rings. The molecular weight excluding hydrogens is 657 g/mol. The Morgan fingerprint density at radius 3 is 1.52 bits per heavy atom. The van der Waals surface area contributed by atoms with Crippen molar-refractivity contribution < 1.29 is 0 Å². The normalized spacial score (nSPS) is 11.7. The molecule has 0 aliphatic heterocycles. The number of rotatable bonds is 4. The second-order valence-electron chi connectivity index (χ2n) is 13.8. The van der Waals surface area contributed by atoms with Crippen LogP contribution in [-0.4, -0.2) is 19.9 Å². The van der Waals surface area contributed by atoms with Crippen LogP contribution in [0.15, 0.2) is 182 Å². The lowest BCUT2D eigenvalue weighted by molar-refractivity contribution is 1.07. The second-order valence-corrected chi connectivity index (χ2v) is 13.8. The first-order valence-electron chi connectivity index (χ1n) is 18.2. The Bertz CT molecular complexity index is 3240. The summed E-state index contributed by atoms with van der Waals surface area (Å²) in [5.74, 6) is 1.83. The first-order chi connectivity index (χ1) is 26.8. The predicted molar refractivity (Wildman–Crippen MR) is 224 cm³/mol. The van der Waals surface area contributed by atoms with E-state index in [9.17, 15) is 0 Å². The number of aromatic nitrogens is 4. The van der Waals surface area contributed by atoms with Crippen LogP contribution in [0.4, 0.5) is 0 Å². The van der Waals surface area contributed by atoms with E-state index in [1.807, 2.05) is 36.5 Å². The molecule has 9 aromatic carbocycles. The Morgan fingerprint density at radius 1 is 0.278 bits per heavy atom. The van der Waals surface area contributed by atoms with Gasteiger partial charge in [-0.2, -0.15) is 0 Å². The lowest BCUT2D eigenvalue weighted by Gasteiger charge is -2.15. The van der Waals surface area contributed by atoms with Gasteiger partial charge in [0.25, 0.3) is 0 Å². The monoisotopic (exact) mass is 686 g/mol. The van der Waals surface area contributed by atoms with E-state index in [2.05, 4.69) is 146 Å². The van der Waals surface area contributed by atoms with Crippen LogP contribution >= 0.6 is 0 Å². The van der Waals surface area contributed by atoms with Gasteiger partial charge in [0.1, 0.15) is 0 Å². The zero-order valence-electron chi connectivity index (χ0n) is 29.1. The van der Waals surface area contributed by atoms with Gasteiger partial charge in [0, 0.05) is 33.7 Å². The van der Waals surface area contributed by atoms with E-state index in [0.29, 0.717) is 17.5 Å². The molecule has 0 radical (unpaired) electrons. The van der Waals surface area contributed by atoms with Gasteiger partial charge in [-0.1, -0.05) is 158 Å². The molecule has 4 nitrogen and oxygen atoms in total. The van der Waals surface area contributed by atoms with E-state index in [-0.39, 0.29) is 0 Å². The van der Waals surface area contributed by atoms with E-state index in [4.69, 9.17) is 19.9 Å². The minimum absolute atomic E-state index is 0.586. The summed E-state index contributed by atoms with van der Waals surface area (Å²) in [6.45, 7) is 0. The van der Waals surface area contributed by atoms with Crippen molar-refractivity contribution in [3.8, 4) is 45.3 Å². The van der Waals surface area contributed by atoms with Gasteiger partial charge in [0.05, 0.1) is 5.52 Å². The standard InChI is InChI=1S/C50H30N4/c1-2-13-32(14-3-1)48-52-49(35-28-34-23-22-31-12-4-5-15-37(31)47(34)51-30-35)54-50(53-48)45-27-26-36(38-16-6-10-20-42(38)45)33-24-25-44-41-19-8-7-17-39(41)40-18-9-11-21-43(40)46(44)29-33/h1-30H. The van der Waals surface area contributed by atoms with E-state index in [1.54, 1.807) is 0 Å². The van der Waals surface area contributed by atoms with Gasteiger partial charge >= 0.3 is 0 Å². The summed E-state index contributed by atoms with van der Waals surface area (Å²) >= 11 is 0. The quantitative estimate of drug-likeness (QED) is 0.173. The molecule has 0 aliphatic carbocycles. The van der Waals surface area contributed by atoms with Crippen molar-refractivity contribution in [2.75, 3.05) is 0 Å². The molecule has 4 heteroatoms. The summed E-state index contributed by atoms with van der Waals surface area (Å²) in [7, 11) is 0. The van der Waals surface area contributed by atoms with E-state index >= 15 is 0 Å². The first-order valence-corrected chi connectivity index (χ1v) is 18.2. The Labute approximate surface area is 311 Å². The van der Waals surface area contributed by atoms with Gasteiger partial charge in [-0.15, -0.1) is 0 Å². The lowest BCUT2D eigenvalue weighted by Crippen LogP contribution is -2.01. The third-order valence-electron chi connectivity index (χ3n) is 10.7. The van der Waals surface area contributed by atoms with Crippen LogP contribution in [-0.2, 0) is 0 Å². The number of pyridine rings is 1. The van der Waals surface area contributed by atoms with Crippen molar-refractivity contribution >= 4 is 64.8 Å². The van der Waals surface area contributed by atoms with Gasteiger partial charge in [-0.25, -0.2) is 15.0 Å². The van der Waals surface area contributed by atoms with Crippen LogP contribution in [0.5, 0.6) is 0 Å². The van der Waals surface area contributed by atoms with Crippen molar-refractivity contribution in [3.63, 3.8) is 0 Å². The molecule has 0 bridgehead atoms. The SMILES string of the molecule is c1ccc(-c2nc(-c3cnc4c(ccc5ccccc54)c3)nc(-c3ccc(-c4ccc5c6ccccc6c6ccccc6c5c4)c4ccccc34)n2)cc1. The third kappa shape index (κ3) is 4.85. The molecule has 0 atom stereocenters. The fourth-order valence-electron chi connectivity index (χ4n) is 8.16. The number of nitrogens with zero attached hydrogens (tertiary/aromatic N) is 4. The summed E-state index contributed by atoms with van der Waals surface area (Å²) in [6.07, 6.45) is 1.89. The van der Waals surface area contributed by atoms with E-state index in [0.717, 1.165) is 49.3 Å². The van der Waals surface area contributed by atoms with E-state index < -0.39 is 0 Å². The molecule has 0 spiro atoms. The average Bonchev–Trinajstić information content (AvgIpc) is 3.26. The number of fused-ring (bicyclic) bond motifs is 10. The number of hydrogen-bond acceptors (Lipinski definition) is 4. The summed E-state index contributed by atoms with van der Waals surface area (Å²) in [5.41, 5.74) is 6.02. The van der Waals surface area contributed by atoms with Crippen LogP contribution < -0.4 is 0 Å². The van der Waals surface area contributed by atoms with Crippen molar-refractivity contribution in [2.24, 2.45) is 0 Å². The van der Waals surface area contributed by atoms with Crippen molar-refractivity contribution in [2.45, 2.75) is 0 Å². The zero-order chi connectivity index (χ0) is 35.6. The van der Waals surface area contributed by atoms with Crippen LogP contribution in [0.1, 0.15) is 0 Å². The molecule has 0 saturated carbocycles. The first kappa shape index (κ1) is 30.3.